The minimum atomic E-state index is -0.132. The van der Waals surface area contributed by atoms with Crippen LogP contribution in [0.1, 0.15) is 25.7 Å². The SMILES string of the molecule is CSC(=O)OC1CCCC1. The van der Waals surface area contributed by atoms with E-state index in [2.05, 4.69) is 0 Å². The Balaban J connectivity index is 2.17. The van der Waals surface area contributed by atoms with E-state index < -0.39 is 0 Å². The fourth-order valence-electron chi connectivity index (χ4n) is 1.19. The Bertz CT molecular complexity index is 119. The van der Waals surface area contributed by atoms with Crippen LogP contribution in [0.15, 0.2) is 0 Å². The van der Waals surface area contributed by atoms with Gasteiger partial charge < -0.3 is 4.74 Å². The van der Waals surface area contributed by atoms with Crippen LogP contribution in [-0.4, -0.2) is 17.7 Å². The van der Waals surface area contributed by atoms with Crippen molar-refractivity contribution >= 4 is 17.1 Å². The number of hydrogen-bond donors (Lipinski definition) is 0. The molecule has 1 aliphatic rings. The van der Waals surface area contributed by atoms with E-state index in [0.29, 0.717) is 0 Å². The quantitative estimate of drug-likeness (QED) is 0.551. The van der Waals surface area contributed by atoms with Crippen LogP contribution in [0, 0.1) is 0 Å². The molecule has 1 rings (SSSR count). The maximum atomic E-state index is 10.7. The molecule has 0 N–H and O–H groups in total. The molecule has 0 aliphatic heterocycles. The Kier molecular flexibility index (Phi) is 3.06. The van der Waals surface area contributed by atoms with Crippen LogP contribution < -0.4 is 0 Å². The van der Waals surface area contributed by atoms with Gasteiger partial charge in [0.25, 0.3) is 0 Å². The lowest BCUT2D eigenvalue weighted by Crippen LogP contribution is -2.09. The highest BCUT2D eigenvalue weighted by Crippen LogP contribution is 2.22. The van der Waals surface area contributed by atoms with Crippen molar-refractivity contribution in [2.45, 2.75) is 31.8 Å². The van der Waals surface area contributed by atoms with E-state index in [-0.39, 0.29) is 11.4 Å². The van der Waals surface area contributed by atoms with Crippen molar-refractivity contribution in [1.82, 2.24) is 0 Å². The lowest BCUT2D eigenvalue weighted by molar-refractivity contribution is 0.126. The Morgan fingerprint density at radius 2 is 2.10 bits per heavy atom. The maximum Gasteiger partial charge on any atom is 0.367 e. The molecule has 1 aliphatic carbocycles. The Hall–Kier alpha value is -0.180. The molecule has 0 aromatic rings. The van der Waals surface area contributed by atoms with Crippen LogP contribution in [0.5, 0.6) is 0 Å². The molecule has 0 bridgehead atoms. The third-order valence-electron chi connectivity index (χ3n) is 1.73. The number of thioether (sulfide) groups is 1. The first-order chi connectivity index (χ1) is 4.83. The number of carbonyl (C=O) groups excluding carboxylic acids is 1. The molecule has 0 spiro atoms. The Morgan fingerprint density at radius 1 is 1.50 bits per heavy atom. The summed E-state index contributed by atoms with van der Waals surface area (Å²) in [6.07, 6.45) is 6.52. The van der Waals surface area contributed by atoms with Gasteiger partial charge in [0.05, 0.1) is 0 Å². The molecule has 3 heteroatoms. The fraction of sp³-hybridized carbons (Fsp3) is 0.857. The van der Waals surface area contributed by atoms with E-state index >= 15 is 0 Å². The molecule has 10 heavy (non-hydrogen) atoms. The second kappa shape index (κ2) is 3.86. The summed E-state index contributed by atoms with van der Waals surface area (Å²) in [6, 6.07) is 0. The predicted molar refractivity (Wildman–Crippen MR) is 42.3 cm³/mol. The average Bonchev–Trinajstić information content (AvgIpc) is 2.40. The minimum Gasteiger partial charge on any atom is -0.454 e. The molecule has 0 atom stereocenters. The van der Waals surface area contributed by atoms with Crippen molar-refractivity contribution in [3.8, 4) is 0 Å². The van der Waals surface area contributed by atoms with Gasteiger partial charge in [-0.15, -0.1) is 0 Å². The maximum absolute atomic E-state index is 10.7. The lowest BCUT2D eigenvalue weighted by atomic mass is 10.3. The van der Waals surface area contributed by atoms with Crippen molar-refractivity contribution in [1.29, 1.82) is 0 Å². The normalized spacial score (nSPS) is 19.3. The summed E-state index contributed by atoms with van der Waals surface area (Å²) in [4.78, 5) is 10.7. The van der Waals surface area contributed by atoms with Gasteiger partial charge in [-0.1, -0.05) is 0 Å². The second-order valence-electron chi connectivity index (χ2n) is 2.48. The van der Waals surface area contributed by atoms with Crippen LogP contribution in [0.25, 0.3) is 0 Å². The minimum absolute atomic E-state index is 0.132. The van der Waals surface area contributed by atoms with E-state index in [4.69, 9.17) is 4.74 Å². The first-order valence-corrected chi connectivity index (χ1v) is 4.80. The molecule has 0 aromatic carbocycles. The summed E-state index contributed by atoms with van der Waals surface area (Å²) in [5.41, 5.74) is 0. The molecule has 0 radical (unpaired) electrons. The van der Waals surface area contributed by atoms with Gasteiger partial charge in [-0.05, 0) is 43.7 Å². The average molecular weight is 160 g/mol. The molecular weight excluding hydrogens is 148 g/mol. The van der Waals surface area contributed by atoms with Gasteiger partial charge in [0.2, 0.25) is 0 Å². The summed E-state index contributed by atoms with van der Waals surface area (Å²) in [6.45, 7) is 0. The highest BCUT2D eigenvalue weighted by molar-refractivity contribution is 8.12. The van der Waals surface area contributed by atoms with Crippen molar-refractivity contribution < 1.29 is 9.53 Å². The summed E-state index contributed by atoms with van der Waals surface area (Å²) in [7, 11) is 0. The topological polar surface area (TPSA) is 26.3 Å². The monoisotopic (exact) mass is 160 g/mol. The van der Waals surface area contributed by atoms with Gasteiger partial charge in [-0.25, -0.2) is 4.79 Å². The van der Waals surface area contributed by atoms with Crippen LogP contribution in [0.4, 0.5) is 4.79 Å². The lowest BCUT2D eigenvalue weighted by Gasteiger charge is -2.08. The predicted octanol–water partition coefficient (Wildman–Crippen LogP) is 2.43. The molecule has 0 amide bonds. The van der Waals surface area contributed by atoms with Gasteiger partial charge in [0, 0.05) is 0 Å². The number of carbonyl (C=O) groups is 1. The van der Waals surface area contributed by atoms with E-state index in [1.54, 1.807) is 6.26 Å². The number of ether oxygens (including phenoxy) is 1. The van der Waals surface area contributed by atoms with Crippen molar-refractivity contribution in [3.63, 3.8) is 0 Å². The van der Waals surface area contributed by atoms with Gasteiger partial charge >= 0.3 is 5.30 Å². The van der Waals surface area contributed by atoms with Crippen LogP contribution in [0.2, 0.25) is 0 Å². The third kappa shape index (κ3) is 2.21. The fourth-order valence-corrected chi connectivity index (χ4v) is 1.42. The Morgan fingerprint density at radius 3 is 2.60 bits per heavy atom. The zero-order valence-electron chi connectivity index (χ0n) is 6.13. The van der Waals surface area contributed by atoms with Crippen molar-refractivity contribution in [2.75, 3.05) is 6.26 Å². The molecule has 0 heterocycles. The van der Waals surface area contributed by atoms with E-state index in [1.807, 2.05) is 0 Å². The first kappa shape index (κ1) is 7.92. The molecule has 58 valence electrons. The van der Waals surface area contributed by atoms with Crippen LogP contribution in [0.3, 0.4) is 0 Å². The summed E-state index contributed by atoms with van der Waals surface area (Å²) >= 11 is 1.15. The summed E-state index contributed by atoms with van der Waals surface area (Å²) in [5, 5.41) is -0.132. The Labute approximate surface area is 65.3 Å². The first-order valence-electron chi connectivity index (χ1n) is 3.57. The van der Waals surface area contributed by atoms with E-state index in [9.17, 15) is 4.79 Å². The van der Waals surface area contributed by atoms with E-state index in [1.165, 1.54) is 12.8 Å². The van der Waals surface area contributed by atoms with Gasteiger partial charge in [0.1, 0.15) is 6.10 Å². The molecule has 2 nitrogen and oxygen atoms in total. The number of hydrogen-bond acceptors (Lipinski definition) is 3. The highest BCUT2D eigenvalue weighted by atomic mass is 32.2. The van der Waals surface area contributed by atoms with Crippen LogP contribution >= 0.6 is 11.8 Å². The summed E-state index contributed by atoms with van der Waals surface area (Å²) < 4.78 is 5.08. The molecule has 0 unspecified atom stereocenters. The molecule has 0 aromatic heterocycles. The molecular formula is C7H12O2S. The molecule has 1 saturated carbocycles. The molecule has 1 fully saturated rings. The number of rotatable bonds is 1. The van der Waals surface area contributed by atoms with Gasteiger partial charge in [-0.3, -0.25) is 0 Å². The highest BCUT2D eigenvalue weighted by Gasteiger charge is 2.18. The summed E-state index contributed by atoms with van der Waals surface area (Å²) in [5.74, 6) is 0. The third-order valence-corrected chi connectivity index (χ3v) is 2.16. The zero-order chi connectivity index (χ0) is 7.40. The van der Waals surface area contributed by atoms with E-state index in [0.717, 1.165) is 24.6 Å². The smallest absolute Gasteiger partial charge is 0.367 e. The largest absolute Gasteiger partial charge is 0.454 e. The standard InChI is InChI=1S/C7H12O2S/c1-10-7(8)9-6-4-2-3-5-6/h6H,2-5H2,1H3. The van der Waals surface area contributed by atoms with Crippen molar-refractivity contribution in [2.24, 2.45) is 0 Å². The van der Waals surface area contributed by atoms with Crippen LogP contribution in [-0.2, 0) is 4.74 Å². The van der Waals surface area contributed by atoms with Gasteiger partial charge in [0.15, 0.2) is 0 Å². The molecule has 0 saturated heterocycles. The zero-order valence-corrected chi connectivity index (χ0v) is 6.95. The van der Waals surface area contributed by atoms with Gasteiger partial charge in [-0.2, -0.15) is 0 Å². The second-order valence-corrected chi connectivity index (χ2v) is 3.22. The van der Waals surface area contributed by atoms with Crippen molar-refractivity contribution in [3.05, 3.63) is 0 Å².